The Morgan fingerprint density at radius 1 is 0.765 bits per heavy atom. The number of rotatable bonds is 0. The summed E-state index contributed by atoms with van der Waals surface area (Å²) < 4.78 is 2.15. The molecule has 0 radical (unpaired) electrons. The van der Waals surface area contributed by atoms with E-state index in [1.165, 1.54) is 0 Å². The van der Waals surface area contributed by atoms with E-state index in [2.05, 4.69) is 26.5 Å². The van der Waals surface area contributed by atoms with E-state index in [-0.39, 0.29) is 0 Å². The lowest BCUT2D eigenvalue weighted by Gasteiger charge is -2.01. The van der Waals surface area contributed by atoms with Gasteiger partial charge >= 0.3 is 0 Å². The molecule has 0 atom stereocenters. The molecule has 4 rings (SSSR count). The topological polar surface area (TPSA) is 30.2 Å². The van der Waals surface area contributed by atoms with Crippen molar-refractivity contribution in [3.63, 3.8) is 0 Å². The van der Waals surface area contributed by atoms with Crippen LogP contribution in [-0.2, 0) is 0 Å². The molecule has 0 spiro atoms. The number of hydrogen-bond acceptors (Lipinski definition) is 2. The van der Waals surface area contributed by atoms with Gasteiger partial charge in [-0.2, -0.15) is 0 Å². The first-order chi connectivity index (χ1) is 8.43. The number of nitrogens with zero attached hydrogens (tertiary/aromatic N) is 3. The van der Waals surface area contributed by atoms with Gasteiger partial charge in [0.15, 0.2) is 5.65 Å². The Labute approximate surface area is 97.4 Å². The van der Waals surface area contributed by atoms with Crippen molar-refractivity contribution in [3.8, 4) is 0 Å². The van der Waals surface area contributed by atoms with Crippen molar-refractivity contribution >= 4 is 27.7 Å². The molecule has 0 aliphatic rings. The summed E-state index contributed by atoms with van der Waals surface area (Å²) in [5.74, 6) is 0. The predicted octanol–water partition coefficient (Wildman–Crippen LogP) is 3.04. The Balaban J connectivity index is 2.38. The quantitative estimate of drug-likeness (QED) is 0.455. The normalized spacial score (nSPS) is 11.5. The van der Waals surface area contributed by atoms with Gasteiger partial charge in [0, 0.05) is 0 Å². The lowest BCUT2D eigenvalue weighted by molar-refractivity contribution is 1.24. The zero-order valence-electron chi connectivity index (χ0n) is 9.04. The highest BCUT2D eigenvalue weighted by Gasteiger charge is 2.06. The molecule has 0 N–H and O–H groups in total. The molecule has 0 unspecified atom stereocenters. The van der Waals surface area contributed by atoms with Gasteiger partial charge in [-0.15, -0.1) is 0 Å². The minimum atomic E-state index is 0.893. The molecule has 3 heteroatoms. The van der Waals surface area contributed by atoms with Gasteiger partial charge in [0.25, 0.3) is 0 Å². The first-order valence-corrected chi connectivity index (χ1v) is 5.54. The van der Waals surface area contributed by atoms with Gasteiger partial charge in [0.2, 0.25) is 0 Å². The Bertz CT molecular complexity index is 840. The van der Waals surface area contributed by atoms with E-state index in [0.717, 1.165) is 27.7 Å². The molecule has 0 fully saturated rings. The maximum absolute atomic E-state index is 4.57. The van der Waals surface area contributed by atoms with Crippen LogP contribution in [0.4, 0.5) is 0 Å². The first-order valence-electron chi connectivity index (χ1n) is 5.54. The minimum absolute atomic E-state index is 0.893. The van der Waals surface area contributed by atoms with Crippen molar-refractivity contribution in [2.24, 2.45) is 0 Å². The third-order valence-corrected chi connectivity index (χ3v) is 3.03. The van der Waals surface area contributed by atoms with Crippen LogP contribution in [0.5, 0.6) is 0 Å². The molecule has 80 valence electrons. The second-order valence-corrected chi connectivity index (χ2v) is 4.04. The third kappa shape index (κ3) is 1.11. The van der Waals surface area contributed by atoms with Crippen LogP contribution in [-0.4, -0.2) is 14.4 Å². The molecule has 2 aromatic carbocycles. The van der Waals surface area contributed by atoms with Crippen LogP contribution >= 0.6 is 0 Å². The van der Waals surface area contributed by atoms with Crippen molar-refractivity contribution in [2.75, 3.05) is 0 Å². The van der Waals surface area contributed by atoms with Crippen molar-refractivity contribution in [1.29, 1.82) is 0 Å². The second kappa shape index (κ2) is 3.04. The van der Waals surface area contributed by atoms with E-state index in [0.29, 0.717) is 0 Å². The van der Waals surface area contributed by atoms with Crippen LogP contribution < -0.4 is 0 Å². The zero-order chi connectivity index (χ0) is 11.2. The monoisotopic (exact) mass is 219 g/mol. The number of benzene rings is 2. The second-order valence-electron chi connectivity index (χ2n) is 4.04. The summed E-state index contributed by atoms with van der Waals surface area (Å²) in [5.41, 5.74) is 5.11. The molecule has 0 amide bonds. The summed E-state index contributed by atoms with van der Waals surface area (Å²) in [6.07, 6.45) is 1.82. The van der Waals surface area contributed by atoms with Crippen LogP contribution in [0.25, 0.3) is 27.7 Å². The summed E-state index contributed by atoms with van der Waals surface area (Å²) >= 11 is 0. The summed E-state index contributed by atoms with van der Waals surface area (Å²) in [6.45, 7) is 0. The number of aromatic nitrogens is 3. The highest BCUT2D eigenvalue weighted by Crippen LogP contribution is 2.20. The lowest BCUT2D eigenvalue weighted by atomic mass is 10.3. The van der Waals surface area contributed by atoms with Gasteiger partial charge in [0.05, 0.1) is 28.3 Å². The third-order valence-electron chi connectivity index (χ3n) is 3.03. The Kier molecular flexibility index (Phi) is 1.56. The van der Waals surface area contributed by atoms with Crippen LogP contribution in [0.3, 0.4) is 0 Å². The maximum Gasteiger partial charge on any atom is 0.157 e. The summed E-state index contributed by atoms with van der Waals surface area (Å²) in [4.78, 5) is 8.99. The smallest absolute Gasteiger partial charge is 0.157 e. The summed E-state index contributed by atoms with van der Waals surface area (Å²) in [5, 5.41) is 0. The van der Waals surface area contributed by atoms with E-state index in [4.69, 9.17) is 0 Å². The fourth-order valence-corrected chi connectivity index (χ4v) is 2.27. The first kappa shape index (κ1) is 8.70. The van der Waals surface area contributed by atoms with Gasteiger partial charge in [0.1, 0.15) is 0 Å². The van der Waals surface area contributed by atoms with Crippen LogP contribution in [0.1, 0.15) is 0 Å². The van der Waals surface area contributed by atoms with Gasteiger partial charge in [-0.3, -0.25) is 9.38 Å². The number of hydrogen-bond donors (Lipinski definition) is 0. The zero-order valence-corrected chi connectivity index (χ0v) is 9.04. The molecule has 4 aromatic rings. The Hall–Kier alpha value is -2.42. The van der Waals surface area contributed by atoms with E-state index < -0.39 is 0 Å². The highest BCUT2D eigenvalue weighted by molar-refractivity contribution is 5.88. The van der Waals surface area contributed by atoms with Crippen molar-refractivity contribution in [1.82, 2.24) is 14.4 Å². The number of imidazole rings is 1. The van der Waals surface area contributed by atoms with Gasteiger partial charge in [-0.1, -0.05) is 24.3 Å². The molecule has 2 aromatic heterocycles. The van der Waals surface area contributed by atoms with Crippen LogP contribution in [0.15, 0.2) is 54.7 Å². The molecule has 3 nitrogen and oxygen atoms in total. The molecule has 0 aliphatic heterocycles. The maximum atomic E-state index is 4.57. The van der Waals surface area contributed by atoms with Gasteiger partial charge in [-0.25, -0.2) is 4.98 Å². The van der Waals surface area contributed by atoms with E-state index in [9.17, 15) is 0 Å². The molecule has 0 aliphatic carbocycles. The van der Waals surface area contributed by atoms with Crippen molar-refractivity contribution < 1.29 is 0 Å². The Morgan fingerprint density at radius 2 is 1.41 bits per heavy atom. The molecular weight excluding hydrogens is 210 g/mol. The average Bonchev–Trinajstić information content (AvgIpc) is 2.77. The molecule has 2 heterocycles. The van der Waals surface area contributed by atoms with Crippen molar-refractivity contribution in [2.45, 2.75) is 0 Å². The van der Waals surface area contributed by atoms with E-state index >= 15 is 0 Å². The fourth-order valence-electron chi connectivity index (χ4n) is 2.27. The highest BCUT2D eigenvalue weighted by atomic mass is 15.0. The molecule has 17 heavy (non-hydrogen) atoms. The van der Waals surface area contributed by atoms with E-state index in [1.54, 1.807) is 0 Å². The van der Waals surface area contributed by atoms with Crippen LogP contribution in [0, 0.1) is 0 Å². The van der Waals surface area contributed by atoms with Crippen molar-refractivity contribution in [3.05, 3.63) is 54.7 Å². The minimum Gasteiger partial charge on any atom is -0.289 e. The number of fused-ring (bicyclic) bond motifs is 5. The number of para-hydroxylation sites is 4. The van der Waals surface area contributed by atoms with Gasteiger partial charge < -0.3 is 0 Å². The molecule has 0 saturated heterocycles. The fraction of sp³-hybridized carbons (Fsp3) is 0. The van der Waals surface area contributed by atoms with E-state index in [1.807, 2.05) is 42.6 Å². The summed E-state index contributed by atoms with van der Waals surface area (Å²) in [6, 6.07) is 16.3. The average molecular weight is 219 g/mol. The molecule has 0 bridgehead atoms. The Morgan fingerprint density at radius 3 is 2.24 bits per heavy atom. The predicted molar refractivity (Wildman–Crippen MR) is 68.0 cm³/mol. The lowest BCUT2D eigenvalue weighted by Crippen LogP contribution is -1.90. The summed E-state index contributed by atoms with van der Waals surface area (Å²) in [7, 11) is 0. The largest absolute Gasteiger partial charge is 0.289 e. The van der Waals surface area contributed by atoms with Crippen LogP contribution in [0.2, 0.25) is 0 Å². The SMILES string of the molecule is c1ccc2c(c1)ncc1nc3ccccc3n12. The molecule has 0 saturated carbocycles. The standard InChI is InChI=1S/C14H9N3/c1-3-7-12-10(5-1)15-9-14-16-11-6-2-4-8-13(11)17(12)14/h1-9H. The molecular formula is C14H9N3. The van der Waals surface area contributed by atoms with Gasteiger partial charge in [-0.05, 0) is 24.3 Å².